The van der Waals surface area contributed by atoms with Gasteiger partial charge in [-0.15, -0.1) is 11.3 Å². The highest BCUT2D eigenvalue weighted by molar-refractivity contribution is 7.13. The lowest BCUT2D eigenvalue weighted by atomic mass is 10.1. The van der Waals surface area contributed by atoms with E-state index in [0.29, 0.717) is 18.7 Å². The van der Waals surface area contributed by atoms with Crippen LogP contribution in [0.25, 0.3) is 43.3 Å². The number of nitrogens with zero attached hydrogens (tertiary/aromatic N) is 3. The van der Waals surface area contributed by atoms with E-state index < -0.39 is 0 Å². The molecule has 11 heteroatoms. The van der Waals surface area contributed by atoms with E-state index in [2.05, 4.69) is 96.6 Å². The summed E-state index contributed by atoms with van der Waals surface area (Å²) in [6.07, 6.45) is 11.7. The molecule has 7 aromatic rings. The van der Waals surface area contributed by atoms with Crippen molar-refractivity contribution in [1.29, 1.82) is 0 Å². The normalized spacial score (nSPS) is 12.7. The lowest BCUT2D eigenvalue weighted by Gasteiger charge is -2.07. The van der Waals surface area contributed by atoms with E-state index in [9.17, 15) is 9.59 Å². The Morgan fingerprint density at radius 2 is 1.68 bits per heavy atom. The maximum Gasteiger partial charge on any atom is 0.296 e. The summed E-state index contributed by atoms with van der Waals surface area (Å²) in [5, 5.41) is 17.9. The second-order valence-electron chi connectivity index (χ2n) is 15.3. The van der Waals surface area contributed by atoms with E-state index in [1.807, 2.05) is 55.0 Å². The summed E-state index contributed by atoms with van der Waals surface area (Å²) in [6, 6.07) is 26.9. The number of hydrogen-bond acceptors (Lipinski definition) is 7. The Balaban J connectivity index is 0.000000706. The number of benzene rings is 3. The van der Waals surface area contributed by atoms with Crippen LogP contribution < -0.4 is 27.0 Å². The number of anilines is 1. The topological polar surface area (TPSA) is 131 Å². The largest absolute Gasteiger partial charge is 0.399 e. The SMILES string of the molecule is C1CCCNCC1.CCn1c2ccc(CNC)cc2c2ccc(-c3cc(C#CC(=O)NCCCCn4ccc5cc(C(=O)NCCc6ccc(N)cc6)cnc54)cs3)cc21. The van der Waals surface area contributed by atoms with Crippen molar-refractivity contribution in [2.75, 3.05) is 39.0 Å². The monoisotopic (exact) mass is 820 g/mol. The summed E-state index contributed by atoms with van der Waals surface area (Å²) in [6.45, 7) is 8.24. The zero-order valence-electron chi connectivity index (χ0n) is 34.8. The number of nitrogen functional groups attached to an aromatic ring is 1. The summed E-state index contributed by atoms with van der Waals surface area (Å²) in [5.74, 6) is 5.37. The predicted octanol–water partition coefficient (Wildman–Crippen LogP) is 8.26. The zero-order chi connectivity index (χ0) is 41.7. The molecule has 1 aliphatic rings. The number of nitrogens with two attached hydrogens (primary N) is 1. The molecule has 310 valence electrons. The van der Waals surface area contributed by atoms with E-state index in [-0.39, 0.29) is 11.8 Å². The highest BCUT2D eigenvalue weighted by Crippen LogP contribution is 2.35. The second kappa shape index (κ2) is 20.9. The molecule has 0 radical (unpaired) electrons. The van der Waals surface area contributed by atoms with E-state index in [1.54, 1.807) is 17.5 Å². The fourth-order valence-electron chi connectivity index (χ4n) is 7.76. The van der Waals surface area contributed by atoms with E-state index in [1.165, 1.54) is 66.1 Å². The van der Waals surface area contributed by atoms with Gasteiger partial charge in [-0.25, -0.2) is 4.98 Å². The van der Waals surface area contributed by atoms with Gasteiger partial charge in [0.15, 0.2) is 0 Å². The van der Waals surface area contributed by atoms with Crippen LogP contribution in [0.15, 0.2) is 96.6 Å². The van der Waals surface area contributed by atoms with Crippen LogP contribution in [-0.2, 0) is 30.8 Å². The summed E-state index contributed by atoms with van der Waals surface area (Å²) >= 11 is 1.64. The van der Waals surface area contributed by atoms with Crippen molar-refractivity contribution < 1.29 is 9.59 Å². The van der Waals surface area contributed by atoms with E-state index in [4.69, 9.17) is 5.73 Å². The molecule has 0 spiro atoms. The van der Waals surface area contributed by atoms with Crippen molar-refractivity contribution >= 4 is 61.7 Å². The van der Waals surface area contributed by atoms with Crippen LogP contribution in [-0.4, -0.2) is 59.2 Å². The Labute approximate surface area is 357 Å². The number of amides is 2. The number of pyridine rings is 1. The van der Waals surface area contributed by atoms with Crippen LogP contribution in [0.1, 0.15) is 72.5 Å². The number of aromatic nitrogens is 3. The number of carbonyl (C=O) groups is 2. The van der Waals surface area contributed by atoms with Crippen LogP contribution in [0.3, 0.4) is 0 Å². The number of unbranched alkanes of at least 4 members (excludes halogenated alkanes) is 1. The molecule has 10 nitrogen and oxygen atoms in total. The highest BCUT2D eigenvalue weighted by atomic mass is 32.1. The molecule has 60 heavy (non-hydrogen) atoms. The van der Waals surface area contributed by atoms with Crippen molar-refractivity contribution in [2.24, 2.45) is 0 Å². The quantitative estimate of drug-likeness (QED) is 0.0453. The van der Waals surface area contributed by atoms with Gasteiger partial charge >= 0.3 is 0 Å². The van der Waals surface area contributed by atoms with Gasteiger partial charge in [-0.05, 0) is 124 Å². The van der Waals surface area contributed by atoms with Crippen molar-refractivity contribution in [2.45, 2.75) is 71.5 Å². The minimum atomic E-state index is -0.281. The van der Waals surface area contributed by atoms with Gasteiger partial charge in [-0.2, -0.15) is 0 Å². The maximum absolute atomic E-state index is 12.7. The molecule has 1 aliphatic heterocycles. The third kappa shape index (κ3) is 10.8. The maximum atomic E-state index is 12.7. The standard InChI is InChI=1S/C43H43N7O2S.C6H13N/c1-3-50-38-14-8-30(26-45-2)22-37(38)36-13-10-32(25-39(36)50)40-23-31(28-53-40)9-15-41(51)46-18-4-5-20-49-21-17-33-24-34(27-48-42(33)49)43(52)47-19-16-29-6-11-35(44)12-7-29;1-2-4-6-7-5-3-1/h6-8,10-14,17,21-25,27-28,45H,3-5,16,18-20,26,44H2,1-2H3,(H,46,51)(H,47,52);7H,1-6H2. The minimum Gasteiger partial charge on any atom is -0.399 e. The molecule has 2 amide bonds. The zero-order valence-corrected chi connectivity index (χ0v) is 35.6. The number of nitrogens with one attached hydrogen (secondary N) is 4. The smallest absolute Gasteiger partial charge is 0.296 e. The van der Waals surface area contributed by atoms with Crippen LogP contribution >= 0.6 is 11.3 Å². The average molecular weight is 821 g/mol. The predicted molar refractivity (Wildman–Crippen MR) is 248 cm³/mol. The lowest BCUT2D eigenvalue weighted by molar-refractivity contribution is -0.115. The molecule has 6 N–H and O–H groups in total. The Morgan fingerprint density at radius 3 is 2.48 bits per heavy atom. The van der Waals surface area contributed by atoms with Gasteiger partial charge in [0, 0.05) is 99.7 Å². The summed E-state index contributed by atoms with van der Waals surface area (Å²) in [4.78, 5) is 30.9. The molecule has 0 bridgehead atoms. The molecule has 1 saturated heterocycles. The number of aryl methyl sites for hydroxylation is 2. The molecule has 3 aromatic carbocycles. The Kier molecular flexibility index (Phi) is 14.7. The van der Waals surface area contributed by atoms with Gasteiger partial charge in [0.2, 0.25) is 0 Å². The highest BCUT2D eigenvalue weighted by Gasteiger charge is 2.13. The van der Waals surface area contributed by atoms with Gasteiger partial charge in [0.05, 0.1) is 5.56 Å². The number of carbonyl (C=O) groups excluding carboxylic acids is 2. The Bertz CT molecular complexity index is 2590. The average Bonchev–Trinajstić information content (AvgIpc) is 3.91. The third-order valence-corrected chi connectivity index (χ3v) is 11.9. The first kappa shape index (κ1) is 42.2. The molecular formula is C49H56N8O2S. The van der Waals surface area contributed by atoms with Gasteiger partial charge in [-0.3, -0.25) is 9.59 Å². The number of fused-ring (bicyclic) bond motifs is 4. The minimum absolute atomic E-state index is 0.144. The Morgan fingerprint density at radius 1 is 0.867 bits per heavy atom. The molecular weight excluding hydrogens is 765 g/mol. The Hall–Kier alpha value is -5.93. The number of hydrogen-bond donors (Lipinski definition) is 5. The van der Waals surface area contributed by atoms with Crippen molar-refractivity contribution in [3.63, 3.8) is 0 Å². The summed E-state index contributed by atoms with van der Waals surface area (Å²) in [5.41, 5.74) is 14.7. The molecule has 0 atom stereocenters. The van der Waals surface area contributed by atoms with Gasteiger partial charge in [0.1, 0.15) is 5.65 Å². The van der Waals surface area contributed by atoms with Gasteiger partial charge in [0.25, 0.3) is 11.8 Å². The van der Waals surface area contributed by atoms with Crippen LogP contribution in [0.4, 0.5) is 5.69 Å². The van der Waals surface area contributed by atoms with Gasteiger partial charge in [-0.1, -0.05) is 49.1 Å². The molecule has 0 unspecified atom stereocenters. The van der Waals surface area contributed by atoms with Crippen LogP contribution in [0, 0.1) is 11.8 Å². The van der Waals surface area contributed by atoms with E-state index in [0.717, 1.165) is 77.2 Å². The van der Waals surface area contributed by atoms with Crippen molar-refractivity contribution in [3.8, 4) is 22.3 Å². The number of rotatable bonds is 13. The first-order chi connectivity index (χ1) is 29.4. The van der Waals surface area contributed by atoms with E-state index >= 15 is 0 Å². The summed E-state index contributed by atoms with van der Waals surface area (Å²) < 4.78 is 4.45. The molecule has 0 aliphatic carbocycles. The first-order valence-corrected chi connectivity index (χ1v) is 22.1. The van der Waals surface area contributed by atoms with Crippen molar-refractivity contribution in [3.05, 3.63) is 119 Å². The van der Waals surface area contributed by atoms with Crippen molar-refractivity contribution in [1.82, 2.24) is 35.4 Å². The van der Waals surface area contributed by atoms with Crippen LogP contribution in [0.2, 0.25) is 0 Å². The third-order valence-electron chi connectivity index (χ3n) is 10.9. The molecule has 5 heterocycles. The molecule has 4 aromatic heterocycles. The molecule has 8 rings (SSSR count). The molecule has 0 saturated carbocycles. The summed E-state index contributed by atoms with van der Waals surface area (Å²) in [7, 11) is 1.97. The fraction of sp³-hybridized carbons (Fsp3) is 0.327. The second-order valence-corrected chi connectivity index (χ2v) is 16.2. The fourth-order valence-corrected chi connectivity index (χ4v) is 8.60. The lowest BCUT2D eigenvalue weighted by Crippen LogP contribution is -2.25. The first-order valence-electron chi connectivity index (χ1n) is 21.3. The number of thiophene rings is 1. The van der Waals surface area contributed by atoms with Crippen LogP contribution in [0.5, 0.6) is 0 Å². The van der Waals surface area contributed by atoms with Gasteiger partial charge < -0.3 is 36.1 Å². The molecule has 1 fully saturated rings.